The molecular formula is C25H24ClN3O. The molecule has 0 radical (unpaired) electrons. The van der Waals surface area contributed by atoms with Crippen molar-refractivity contribution in [3.8, 4) is 5.75 Å². The van der Waals surface area contributed by atoms with Crippen molar-refractivity contribution >= 4 is 22.5 Å². The fourth-order valence-electron chi connectivity index (χ4n) is 3.46. The number of benzene rings is 2. The number of pyridine rings is 2. The molecule has 2 heterocycles. The summed E-state index contributed by atoms with van der Waals surface area (Å²) in [6.07, 6.45) is 5.37. The van der Waals surface area contributed by atoms with Crippen molar-refractivity contribution in [1.82, 2.24) is 15.3 Å². The van der Waals surface area contributed by atoms with Crippen LogP contribution in [0.15, 0.2) is 73.1 Å². The van der Waals surface area contributed by atoms with Crippen LogP contribution < -0.4 is 10.1 Å². The summed E-state index contributed by atoms with van der Waals surface area (Å²) in [5.74, 6) is 0.818. The summed E-state index contributed by atoms with van der Waals surface area (Å²) >= 11 is 5.97. The molecule has 1 N–H and O–H groups in total. The smallest absolute Gasteiger partial charge is 0.121 e. The lowest BCUT2D eigenvalue weighted by Gasteiger charge is -2.13. The largest absolute Gasteiger partial charge is 0.497 e. The topological polar surface area (TPSA) is 47.0 Å². The summed E-state index contributed by atoms with van der Waals surface area (Å²) in [7, 11) is 1.68. The maximum Gasteiger partial charge on any atom is 0.121 e. The van der Waals surface area contributed by atoms with Gasteiger partial charge in [0.05, 0.1) is 12.6 Å². The van der Waals surface area contributed by atoms with Crippen LogP contribution in [0.3, 0.4) is 0 Å². The normalized spacial score (nSPS) is 11.0. The van der Waals surface area contributed by atoms with E-state index in [-0.39, 0.29) is 0 Å². The SMILES string of the molecule is COc1ccc2cc(CNCCc3ccc(Cl)cc3)c(Cc3ccncc3)nc2c1. The van der Waals surface area contributed by atoms with Gasteiger partial charge in [-0.15, -0.1) is 0 Å². The first kappa shape index (κ1) is 20.3. The van der Waals surface area contributed by atoms with E-state index in [1.54, 1.807) is 7.11 Å². The van der Waals surface area contributed by atoms with E-state index in [0.29, 0.717) is 0 Å². The molecule has 0 saturated carbocycles. The summed E-state index contributed by atoms with van der Waals surface area (Å²) < 4.78 is 5.37. The van der Waals surface area contributed by atoms with Crippen LogP contribution in [-0.4, -0.2) is 23.6 Å². The number of nitrogens with zero attached hydrogens (tertiary/aromatic N) is 2. The second kappa shape index (κ2) is 9.70. The highest BCUT2D eigenvalue weighted by atomic mass is 35.5. The maximum absolute atomic E-state index is 5.97. The number of fused-ring (bicyclic) bond motifs is 1. The number of aromatic nitrogens is 2. The van der Waals surface area contributed by atoms with Crippen LogP contribution in [0, 0.1) is 0 Å². The van der Waals surface area contributed by atoms with E-state index < -0.39 is 0 Å². The highest BCUT2D eigenvalue weighted by Gasteiger charge is 2.09. The number of hydrogen-bond acceptors (Lipinski definition) is 4. The van der Waals surface area contributed by atoms with Gasteiger partial charge in [-0.2, -0.15) is 0 Å². The first-order chi connectivity index (χ1) is 14.7. The Morgan fingerprint density at radius 3 is 2.50 bits per heavy atom. The van der Waals surface area contributed by atoms with Gasteiger partial charge in [0.1, 0.15) is 5.75 Å². The van der Waals surface area contributed by atoms with Crippen LogP contribution in [0.1, 0.15) is 22.4 Å². The molecule has 2 aromatic carbocycles. The summed E-state index contributed by atoms with van der Waals surface area (Å²) in [5.41, 5.74) is 5.69. The van der Waals surface area contributed by atoms with E-state index in [1.807, 2.05) is 48.8 Å². The highest BCUT2D eigenvalue weighted by Crippen LogP contribution is 2.23. The minimum atomic E-state index is 0.767. The van der Waals surface area contributed by atoms with Crippen LogP contribution in [0.4, 0.5) is 0 Å². The maximum atomic E-state index is 5.97. The minimum Gasteiger partial charge on any atom is -0.497 e. The molecule has 30 heavy (non-hydrogen) atoms. The molecule has 0 atom stereocenters. The molecule has 0 saturated heterocycles. The number of halogens is 1. The predicted octanol–water partition coefficient (Wildman–Crippen LogP) is 5.21. The average molecular weight is 418 g/mol. The van der Waals surface area contributed by atoms with Gasteiger partial charge in [0.15, 0.2) is 0 Å². The van der Waals surface area contributed by atoms with Gasteiger partial charge >= 0.3 is 0 Å². The molecular weight excluding hydrogens is 394 g/mol. The van der Waals surface area contributed by atoms with E-state index in [9.17, 15) is 0 Å². The zero-order valence-corrected chi connectivity index (χ0v) is 17.7. The monoisotopic (exact) mass is 417 g/mol. The Labute approximate surface area is 181 Å². The Hall–Kier alpha value is -2.95. The molecule has 4 aromatic rings. The second-order valence-electron chi connectivity index (χ2n) is 7.24. The van der Waals surface area contributed by atoms with Crippen LogP contribution in [0.5, 0.6) is 5.75 Å². The molecule has 4 nitrogen and oxygen atoms in total. The van der Waals surface area contributed by atoms with Gasteiger partial charge in [0.2, 0.25) is 0 Å². The van der Waals surface area contributed by atoms with E-state index >= 15 is 0 Å². The lowest BCUT2D eigenvalue weighted by atomic mass is 10.0. The number of nitrogens with one attached hydrogen (secondary N) is 1. The minimum absolute atomic E-state index is 0.767. The Bertz CT molecular complexity index is 1110. The van der Waals surface area contributed by atoms with Gasteiger partial charge in [-0.05, 0) is 72.1 Å². The standard InChI is InChI=1S/C25H24ClN3O/c1-30-23-7-4-20-15-21(17-28-13-8-18-2-5-22(26)6-3-18)24(29-25(20)16-23)14-19-9-11-27-12-10-19/h2-7,9-12,15-16,28H,8,13-14,17H2,1H3. The van der Waals surface area contributed by atoms with Gasteiger partial charge in [-0.1, -0.05) is 23.7 Å². The number of ether oxygens (including phenoxy) is 1. The van der Waals surface area contributed by atoms with Gasteiger partial charge in [-0.3, -0.25) is 9.97 Å². The zero-order valence-electron chi connectivity index (χ0n) is 16.9. The fraction of sp³-hybridized carbons (Fsp3) is 0.200. The van der Waals surface area contributed by atoms with Crippen LogP contribution in [0.2, 0.25) is 5.02 Å². The molecule has 0 aliphatic heterocycles. The predicted molar refractivity (Wildman–Crippen MR) is 122 cm³/mol. The molecule has 0 spiro atoms. The molecule has 4 rings (SSSR count). The van der Waals surface area contributed by atoms with Crippen molar-refractivity contribution in [2.75, 3.05) is 13.7 Å². The van der Waals surface area contributed by atoms with E-state index in [1.165, 1.54) is 16.7 Å². The van der Waals surface area contributed by atoms with Gasteiger partial charge in [0, 0.05) is 47.5 Å². The van der Waals surface area contributed by atoms with Crippen LogP contribution in [-0.2, 0) is 19.4 Å². The van der Waals surface area contributed by atoms with Crippen molar-refractivity contribution in [2.45, 2.75) is 19.4 Å². The van der Waals surface area contributed by atoms with Gasteiger partial charge in [-0.25, -0.2) is 0 Å². The van der Waals surface area contributed by atoms with Crippen molar-refractivity contribution < 1.29 is 4.74 Å². The molecule has 2 aromatic heterocycles. The summed E-state index contributed by atoms with van der Waals surface area (Å²) in [6, 6.07) is 20.4. The van der Waals surface area contributed by atoms with E-state index in [0.717, 1.165) is 53.3 Å². The fourth-order valence-corrected chi connectivity index (χ4v) is 3.59. The number of methoxy groups -OCH3 is 1. The molecule has 0 fully saturated rings. The Morgan fingerprint density at radius 1 is 0.933 bits per heavy atom. The third kappa shape index (κ3) is 5.15. The first-order valence-corrected chi connectivity index (χ1v) is 10.4. The van der Waals surface area contributed by atoms with Gasteiger partial charge < -0.3 is 10.1 Å². The first-order valence-electron chi connectivity index (χ1n) is 10.0. The van der Waals surface area contributed by atoms with Crippen LogP contribution >= 0.6 is 11.6 Å². The molecule has 5 heteroatoms. The average Bonchev–Trinajstić information content (AvgIpc) is 2.78. The zero-order chi connectivity index (χ0) is 20.8. The van der Waals surface area contributed by atoms with Crippen molar-refractivity contribution in [3.63, 3.8) is 0 Å². The lowest BCUT2D eigenvalue weighted by Crippen LogP contribution is -2.18. The summed E-state index contributed by atoms with van der Waals surface area (Å²) in [5, 5.41) is 5.45. The van der Waals surface area contributed by atoms with Crippen molar-refractivity contribution in [3.05, 3.63) is 100 Å². The van der Waals surface area contributed by atoms with Crippen molar-refractivity contribution in [1.29, 1.82) is 0 Å². The molecule has 0 unspecified atom stereocenters. The third-order valence-corrected chi connectivity index (χ3v) is 5.39. The summed E-state index contributed by atoms with van der Waals surface area (Å²) in [6.45, 7) is 1.65. The van der Waals surface area contributed by atoms with Crippen LogP contribution in [0.25, 0.3) is 10.9 Å². The lowest BCUT2D eigenvalue weighted by molar-refractivity contribution is 0.415. The third-order valence-electron chi connectivity index (χ3n) is 5.13. The van der Waals surface area contributed by atoms with Crippen molar-refractivity contribution in [2.24, 2.45) is 0 Å². The highest BCUT2D eigenvalue weighted by molar-refractivity contribution is 6.30. The Morgan fingerprint density at radius 2 is 1.73 bits per heavy atom. The van der Waals surface area contributed by atoms with Gasteiger partial charge in [0.25, 0.3) is 0 Å². The molecule has 152 valence electrons. The second-order valence-corrected chi connectivity index (χ2v) is 7.67. The molecule has 0 amide bonds. The Balaban J connectivity index is 1.53. The van der Waals surface area contributed by atoms with E-state index in [2.05, 4.69) is 34.6 Å². The quantitative estimate of drug-likeness (QED) is 0.399. The number of rotatable bonds is 8. The molecule has 0 aliphatic carbocycles. The molecule has 0 bridgehead atoms. The van der Waals surface area contributed by atoms with E-state index in [4.69, 9.17) is 21.3 Å². The summed E-state index contributed by atoms with van der Waals surface area (Å²) in [4.78, 5) is 9.09. The Kier molecular flexibility index (Phi) is 6.57. The molecule has 0 aliphatic rings. The number of hydrogen-bond donors (Lipinski definition) is 1.